The van der Waals surface area contributed by atoms with E-state index in [0.717, 1.165) is 19.4 Å². The Labute approximate surface area is 234 Å². The fourth-order valence-electron chi connectivity index (χ4n) is 6.40. The Morgan fingerprint density at radius 1 is 1.07 bits per heavy atom. The third-order valence-corrected chi connectivity index (χ3v) is 8.43. The van der Waals surface area contributed by atoms with E-state index in [1.165, 1.54) is 23.1 Å². The van der Waals surface area contributed by atoms with Gasteiger partial charge in [-0.05, 0) is 89.1 Å². The zero-order chi connectivity index (χ0) is 29.0. The summed E-state index contributed by atoms with van der Waals surface area (Å²) in [5.41, 5.74) is 1.21. The SMILES string of the molecule is Cc1c(F)cccc1[C@@H]1[C@@H](C(=O)N2CCC[C@@H]2C(F)F)CN(CCCCN(C)C)C[C@H]1C(=O)c1cccc(O)c1. The van der Waals surface area contributed by atoms with Crippen molar-refractivity contribution in [3.63, 3.8) is 0 Å². The Balaban J connectivity index is 1.76. The van der Waals surface area contributed by atoms with Crippen LogP contribution in [0.2, 0.25) is 0 Å². The lowest BCUT2D eigenvalue weighted by Crippen LogP contribution is -2.55. The number of phenolic OH excluding ortho intramolecular Hbond substituents is 1. The highest BCUT2D eigenvalue weighted by atomic mass is 19.3. The number of carbonyl (C=O) groups is 2. The lowest BCUT2D eigenvalue weighted by molar-refractivity contribution is -0.142. The highest BCUT2D eigenvalue weighted by Gasteiger charge is 2.48. The third-order valence-electron chi connectivity index (χ3n) is 8.43. The first-order valence-electron chi connectivity index (χ1n) is 14.1. The lowest BCUT2D eigenvalue weighted by atomic mass is 9.69. The maximum atomic E-state index is 14.9. The number of halogens is 3. The molecule has 2 aliphatic rings. The predicted molar refractivity (Wildman–Crippen MR) is 148 cm³/mol. The molecule has 4 atom stereocenters. The lowest BCUT2D eigenvalue weighted by Gasteiger charge is -2.45. The van der Waals surface area contributed by atoms with Crippen molar-refractivity contribution in [1.82, 2.24) is 14.7 Å². The Morgan fingerprint density at radius 3 is 2.50 bits per heavy atom. The van der Waals surface area contributed by atoms with E-state index in [2.05, 4.69) is 9.80 Å². The van der Waals surface area contributed by atoms with E-state index < -0.39 is 41.9 Å². The molecule has 2 heterocycles. The normalized spacial score (nSPS) is 23.8. The number of hydrogen-bond acceptors (Lipinski definition) is 5. The summed E-state index contributed by atoms with van der Waals surface area (Å²) in [5, 5.41) is 10.1. The van der Waals surface area contributed by atoms with Crippen LogP contribution in [0.1, 0.15) is 53.1 Å². The van der Waals surface area contributed by atoms with E-state index in [1.54, 1.807) is 31.2 Å². The molecule has 9 heteroatoms. The average molecular weight is 560 g/mol. The molecule has 2 aliphatic heterocycles. The summed E-state index contributed by atoms with van der Waals surface area (Å²) < 4.78 is 42.7. The summed E-state index contributed by atoms with van der Waals surface area (Å²) in [6.07, 6.45) is -0.147. The first kappa shape index (κ1) is 30.1. The maximum absolute atomic E-state index is 14.9. The second kappa shape index (κ2) is 13.2. The van der Waals surface area contributed by atoms with Crippen molar-refractivity contribution < 1.29 is 27.9 Å². The molecular formula is C31H40F3N3O3. The van der Waals surface area contributed by atoms with E-state index in [1.807, 2.05) is 14.1 Å². The second-order valence-corrected chi connectivity index (χ2v) is 11.5. The van der Waals surface area contributed by atoms with Crippen LogP contribution in [0.3, 0.4) is 0 Å². The number of hydrogen-bond donors (Lipinski definition) is 1. The van der Waals surface area contributed by atoms with Crippen LogP contribution in [0.15, 0.2) is 42.5 Å². The number of Topliss-reactive ketones (excluding diaryl/α,β-unsaturated/α-hetero) is 1. The van der Waals surface area contributed by atoms with Crippen molar-refractivity contribution in [3.8, 4) is 5.75 Å². The molecule has 0 aliphatic carbocycles. The zero-order valence-corrected chi connectivity index (χ0v) is 23.5. The molecule has 0 radical (unpaired) electrons. The fraction of sp³-hybridized carbons (Fsp3) is 0.548. The van der Waals surface area contributed by atoms with Gasteiger partial charge >= 0.3 is 0 Å². The van der Waals surface area contributed by atoms with Crippen LogP contribution in [0.4, 0.5) is 13.2 Å². The average Bonchev–Trinajstić information content (AvgIpc) is 3.42. The monoisotopic (exact) mass is 559 g/mol. The number of benzene rings is 2. The number of aromatic hydroxyl groups is 1. The number of phenols is 1. The summed E-state index contributed by atoms with van der Waals surface area (Å²) in [6, 6.07) is 9.59. The standard InChI is InChI=1S/C31H40F3N3O3/c1-20-23(11-7-12-26(20)32)28-24(29(39)21-9-6-10-22(38)17-21)18-36(15-5-4-14-35(2)3)19-25(28)31(40)37-16-8-13-27(37)30(33)34/h6-7,9-12,17,24-25,27-28,30,38H,4-5,8,13-16,18-19H2,1-3H3/t24-,25+,27-,28+/m1/s1. The largest absolute Gasteiger partial charge is 0.508 e. The van der Waals surface area contributed by atoms with Crippen LogP contribution >= 0.6 is 0 Å². The van der Waals surface area contributed by atoms with Gasteiger partial charge in [0.05, 0.1) is 12.0 Å². The molecule has 4 rings (SSSR count). The molecule has 0 unspecified atom stereocenters. The van der Waals surface area contributed by atoms with Gasteiger partial charge in [-0.25, -0.2) is 13.2 Å². The van der Waals surface area contributed by atoms with Crippen molar-refractivity contribution in [2.45, 2.75) is 51.0 Å². The summed E-state index contributed by atoms with van der Waals surface area (Å²) in [5.74, 6) is -3.37. The molecule has 6 nitrogen and oxygen atoms in total. The van der Waals surface area contributed by atoms with Gasteiger partial charge in [-0.15, -0.1) is 0 Å². The highest BCUT2D eigenvalue weighted by molar-refractivity contribution is 5.99. The number of piperidine rings is 1. The molecule has 1 amide bonds. The Morgan fingerprint density at radius 2 is 1.80 bits per heavy atom. The van der Waals surface area contributed by atoms with Crippen molar-refractivity contribution in [3.05, 3.63) is 65.0 Å². The molecule has 1 N–H and O–H groups in total. The topological polar surface area (TPSA) is 64.1 Å². The minimum absolute atomic E-state index is 0.0508. The van der Waals surface area contributed by atoms with Crippen LogP contribution in [0.5, 0.6) is 5.75 Å². The van der Waals surface area contributed by atoms with Crippen molar-refractivity contribution >= 4 is 11.7 Å². The molecule has 0 saturated carbocycles. The molecule has 2 saturated heterocycles. The molecule has 218 valence electrons. The van der Waals surface area contributed by atoms with Gasteiger partial charge in [0.1, 0.15) is 11.6 Å². The smallest absolute Gasteiger partial charge is 0.258 e. The van der Waals surface area contributed by atoms with Crippen LogP contribution in [0.25, 0.3) is 0 Å². The van der Waals surface area contributed by atoms with Gasteiger partial charge in [0.15, 0.2) is 5.78 Å². The number of unbranched alkanes of at least 4 members (excludes halogenated alkanes) is 1. The van der Waals surface area contributed by atoms with Gasteiger partial charge in [0.2, 0.25) is 5.91 Å². The number of carbonyl (C=O) groups excluding carboxylic acids is 2. The van der Waals surface area contributed by atoms with Gasteiger partial charge in [-0.3, -0.25) is 9.59 Å². The van der Waals surface area contributed by atoms with Crippen LogP contribution in [-0.4, -0.2) is 90.8 Å². The van der Waals surface area contributed by atoms with Crippen LogP contribution < -0.4 is 0 Å². The molecule has 0 bridgehead atoms. The molecule has 0 spiro atoms. The van der Waals surface area contributed by atoms with E-state index in [4.69, 9.17) is 0 Å². The van der Waals surface area contributed by atoms with Gasteiger partial charge in [-0.1, -0.05) is 24.3 Å². The number of ketones is 1. The zero-order valence-electron chi connectivity index (χ0n) is 23.5. The van der Waals surface area contributed by atoms with Gasteiger partial charge < -0.3 is 19.8 Å². The van der Waals surface area contributed by atoms with E-state index in [-0.39, 0.29) is 24.5 Å². The van der Waals surface area contributed by atoms with Crippen molar-refractivity contribution in [1.29, 1.82) is 0 Å². The van der Waals surface area contributed by atoms with Crippen LogP contribution in [0, 0.1) is 24.6 Å². The Hall–Kier alpha value is -2.91. The quantitative estimate of drug-likeness (QED) is 0.330. The number of amides is 1. The third kappa shape index (κ3) is 6.69. The van der Waals surface area contributed by atoms with Crippen molar-refractivity contribution in [2.75, 3.05) is 46.8 Å². The molecular weight excluding hydrogens is 519 g/mol. The van der Waals surface area contributed by atoms with Crippen LogP contribution in [-0.2, 0) is 4.79 Å². The minimum Gasteiger partial charge on any atom is -0.508 e. The number of nitrogens with zero attached hydrogens (tertiary/aromatic N) is 3. The summed E-state index contributed by atoms with van der Waals surface area (Å²) in [4.78, 5) is 33.7. The minimum atomic E-state index is -2.66. The molecule has 2 aromatic rings. The van der Waals surface area contributed by atoms with Gasteiger partial charge in [0.25, 0.3) is 6.43 Å². The Bertz CT molecular complexity index is 1190. The van der Waals surface area contributed by atoms with Gasteiger partial charge in [0, 0.05) is 37.0 Å². The predicted octanol–water partition coefficient (Wildman–Crippen LogP) is 4.95. The van der Waals surface area contributed by atoms with Gasteiger partial charge in [-0.2, -0.15) is 0 Å². The van der Waals surface area contributed by atoms with Crippen molar-refractivity contribution in [2.24, 2.45) is 11.8 Å². The summed E-state index contributed by atoms with van der Waals surface area (Å²) >= 11 is 0. The number of alkyl halides is 2. The summed E-state index contributed by atoms with van der Waals surface area (Å²) in [6.45, 7) is 4.07. The number of likely N-dealkylation sites (tertiary alicyclic amines) is 2. The molecule has 2 aromatic carbocycles. The first-order valence-corrected chi connectivity index (χ1v) is 14.1. The summed E-state index contributed by atoms with van der Waals surface area (Å²) in [7, 11) is 4.00. The second-order valence-electron chi connectivity index (χ2n) is 11.5. The first-order chi connectivity index (χ1) is 19.1. The maximum Gasteiger partial charge on any atom is 0.258 e. The van der Waals surface area contributed by atoms with E-state index >= 15 is 0 Å². The highest BCUT2D eigenvalue weighted by Crippen LogP contribution is 2.43. The molecule has 40 heavy (non-hydrogen) atoms. The fourth-order valence-corrected chi connectivity index (χ4v) is 6.40. The molecule has 0 aromatic heterocycles. The van der Waals surface area contributed by atoms with E-state index in [0.29, 0.717) is 42.7 Å². The van der Waals surface area contributed by atoms with E-state index in [9.17, 15) is 27.9 Å². The Kier molecular flexibility index (Phi) is 9.90. The molecule has 2 fully saturated rings. The number of rotatable bonds is 10.